The van der Waals surface area contributed by atoms with Crippen molar-refractivity contribution in [2.45, 2.75) is 26.8 Å². The van der Waals surface area contributed by atoms with Crippen molar-refractivity contribution in [3.05, 3.63) is 23.5 Å². The van der Waals surface area contributed by atoms with Crippen LogP contribution in [0.1, 0.15) is 20.8 Å². The SMILES string of the molecule is CC(C)CNC(=O)C(C)Nc1c(F)c(F)nc(F)c1F. The molecular formula is C12H15F4N3O. The second-order valence-corrected chi connectivity index (χ2v) is 4.70. The molecule has 1 aromatic rings. The molecular weight excluding hydrogens is 278 g/mol. The maximum absolute atomic E-state index is 13.3. The number of halogens is 4. The zero-order valence-electron chi connectivity index (χ0n) is 11.2. The molecule has 0 saturated carbocycles. The van der Waals surface area contributed by atoms with E-state index in [0.717, 1.165) is 0 Å². The largest absolute Gasteiger partial charge is 0.369 e. The quantitative estimate of drug-likeness (QED) is 0.646. The van der Waals surface area contributed by atoms with Crippen molar-refractivity contribution in [3.8, 4) is 0 Å². The number of carbonyl (C=O) groups is 1. The summed E-state index contributed by atoms with van der Waals surface area (Å²) in [4.78, 5) is 14.0. The van der Waals surface area contributed by atoms with Gasteiger partial charge in [0.25, 0.3) is 11.9 Å². The van der Waals surface area contributed by atoms with Crippen molar-refractivity contribution in [2.75, 3.05) is 11.9 Å². The third-order valence-corrected chi connectivity index (χ3v) is 2.44. The fraction of sp³-hybridized carbons (Fsp3) is 0.500. The zero-order chi connectivity index (χ0) is 15.4. The Morgan fingerprint density at radius 2 is 1.60 bits per heavy atom. The normalized spacial score (nSPS) is 12.4. The first-order valence-corrected chi connectivity index (χ1v) is 5.98. The summed E-state index contributed by atoms with van der Waals surface area (Å²) in [6.45, 7) is 5.41. The van der Waals surface area contributed by atoms with E-state index >= 15 is 0 Å². The molecule has 1 unspecified atom stereocenters. The highest BCUT2D eigenvalue weighted by Gasteiger charge is 2.23. The molecule has 1 rings (SSSR count). The molecule has 0 spiro atoms. The van der Waals surface area contributed by atoms with E-state index < -0.39 is 41.2 Å². The summed E-state index contributed by atoms with van der Waals surface area (Å²) in [7, 11) is 0. The van der Waals surface area contributed by atoms with Crippen molar-refractivity contribution in [1.82, 2.24) is 10.3 Å². The lowest BCUT2D eigenvalue weighted by Gasteiger charge is -2.17. The predicted octanol–water partition coefficient (Wildman–Crippen LogP) is 2.21. The number of anilines is 1. The first-order valence-electron chi connectivity index (χ1n) is 5.98. The second kappa shape index (κ2) is 6.53. The Balaban J connectivity index is 2.85. The summed E-state index contributed by atoms with van der Waals surface area (Å²) in [6, 6.07) is -1.07. The topological polar surface area (TPSA) is 54.0 Å². The molecule has 0 aromatic carbocycles. The van der Waals surface area contributed by atoms with Crippen LogP contribution in [0.2, 0.25) is 0 Å². The highest BCUT2D eigenvalue weighted by Crippen LogP contribution is 2.22. The molecule has 4 nitrogen and oxygen atoms in total. The third kappa shape index (κ3) is 3.82. The van der Waals surface area contributed by atoms with Crippen molar-refractivity contribution < 1.29 is 22.4 Å². The Morgan fingerprint density at radius 1 is 1.10 bits per heavy atom. The predicted molar refractivity (Wildman–Crippen MR) is 65.0 cm³/mol. The molecule has 0 aliphatic heterocycles. The highest BCUT2D eigenvalue weighted by molar-refractivity contribution is 5.84. The lowest BCUT2D eigenvalue weighted by atomic mass is 10.2. The number of rotatable bonds is 5. The number of hydrogen-bond acceptors (Lipinski definition) is 3. The van der Waals surface area contributed by atoms with Gasteiger partial charge in [0.15, 0.2) is 0 Å². The molecule has 0 fully saturated rings. The molecule has 1 amide bonds. The van der Waals surface area contributed by atoms with Gasteiger partial charge in [-0.15, -0.1) is 0 Å². The lowest BCUT2D eigenvalue weighted by molar-refractivity contribution is -0.121. The first kappa shape index (κ1) is 16.2. The highest BCUT2D eigenvalue weighted by atomic mass is 19.2. The Hall–Kier alpha value is -1.86. The average Bonchev–Trinajstić information content (AvgIpc) is 2.38. The molecule has 0 radical (unpaired) electrons. The summed E-state index contributed by atoms with van der Waals surface area (Å²) in [5.41, 5.74) is -1.05. The van der Waals surface area contributed by atoms with Gasteiger partial charge in [-0.05, 0) is 12.8 Å². The second-order valence-electron chi connectivity index (χ2n) is 4.70. The van der Waals surface area contributed by atoms with Crippen molar-refractivity contribution in [1.29, 1.82) is 0 Å². The van der Waals surface area contributed by atoms with Crippen LogP contribution in [-0.2, 0) is 4.79 Å². The Labute approximate surface area is 113 Å². The molecule has 0 aliphatic rings. The number of pyridine rings is 1. The van der Waals surface area contributed by atoms with Gasteiger partial charge in [-0.25, -0.2) is 0 Å². The van der Waals surface area contributed by atoms with Gasteiger partial charge < -0.3 is 10.6 Å². The molecule has 112 valence electrons. The molecule has 2 N–H and O–H groups in total. The number of aromatic nitrogens is 1. The Bertz CT molecular complexity index is 482. The van der Waals surface area contributed by atoms with Gasteiger partial charge in [-0.3, -0.25) is 4.79 Å². The molecule has 8 heteroatoms. The van der Waals surface area contributed by atoms with E-state index in [4.69, 9.17) is 0 Å². The molecule has 1 heterocycles. The van der Waals surface area contributed by atoms with Crippen LogP contribution < -0.4 is 10.6 Å². The third-order valence-electron chi connectivity index (χ3n) is 2.44. The lowest BCUT2D eigenvalue weighted by Crippen LogP contribution is -2.39. The van der Waals surface area contributed by atoms with Gasteiger partial charge in [0.05, 0.1) is 0 Å². The molecule has 1 atom stereocenters. The van der Waals surface area contributed by atoms with Gasteiger partial charge in [-0.1, -0.05) is 13.8 Å². The van der Waals surface area contributed by atoms with Crippen LogP contribution in [-0.4, -0.2) is 23.5 Å². The number of hydrogen-bond donors (Lipinski definition) is 2. The molecule has 1 aromatic heterocycles. The van der Waals surface area contributed by atoms with E-state index in [-0.39, 0.29) is 5.92 Å². The fourth-order valence-corrected chi connectivity index (χ4v) is 1.35. The molecule has 0 saturated heterocycles. The fourth-order valence-electron chi connectivity index (χ4n) is 1.35. The summed E-state index contributed by atoms with van der Waals surface area (Å²) in [5, 5.41) is 4.62. The average molecular weight is 293 g/mol. The van der Waals surface area contributed by atoms with Crippen molar-refractivity contribution >= 4 is 11.6 Å². The summed E-state index contributed by atoms with van der Waals surface area (Å²) < 4.78 is 52.5. The molecule has 0 bridgehead atoms. The van der Waals surface area contributed by atoms with E-state index in [9.17, 15) is 22.4 Å². The van der Waals surface area contributed by atoms with E-state index in [0.29, 0.717) is 6.54 Å². The minimum Gasteiger partial charge on any atom is -0.369 e. The first-order chi connectivity index (χ1) is 9.23. The van der Waals surface area contributed by atoms with E-state index in [1.165, 1.54) is 6.92 Å². The van der Waals surface area contributed by atoms with Gasteiger partial charge in [0.2, 0.25) is 17.5 Å². The number of nitrogens with one attached hydrogen (secondary N) is 2. The van der Waals surface area contributed by atoms with Crippen LogP contribution in [0, 0.1) is 29.4 Å². The van der Waals surface area contributed by atoms with Crippen LogP contribution in [0.25, 0.3) is 0 Å². The number of nitrogens with zero attached hydrogens (tertiary/aromatic N) is 1. The van der Waals surface area contributed by atoms with Crippen LogP contribution in [0.5, 0.6) is 0 Å². The van der Waals surface area contributed by atoms with E-state index in [1.807, 2.05) is 13.8 Å². The summed E-state index contributed by atoms with van der Waals surface area (Å²) in [5.74, 6) is -7.26. The van der Waals surface area contributed by atoms with Gasteiger partial charge in [0.1, 0.15) is 11.7 Å². The van der Waals surface area contributed by atoms with E-state index in [1.54, 1.807) is 0 Å². The standard InChI is InChI=1S/C12H15F4N3O/c1-5(2)4-17-12(20)6(3)18-9-7(13)10(15)19-11(16)8(9)14/h5-6H,4H2,1-3H3,(H,17,20)(H,18,19). The minimum atomic E-state index is -1.78. The van der Waals surface area contributed by atoms with Crippen LogP contribution in [0.15, 0.2) is 0 Å². The van der Waals surface area contributed by atoms with E-state index in [2.05, 4.69) is 15.6 Å². The summed E-state index contributed by atoms with van der Waals surface area (Å²) in [6.07, 6.45) is 0. The van der Waals surface area contributed by atoms with Gasteiger partial charge in [0, 0.05) is 6.54 Å². The Kier molecular flexibility index (Phi) is 5.29. The van der Waals surface area contributed by atoms with Gasteiger partial charge >= 0.3 is 0 Å². The molecule has 0 aliphatic carbocycles. The Morgan fingerprint density at radius 3 is 2.05 bits per heavy atom. The van der Waals surface area contributed by atoms with Crippen LogP contribution >= 0.6 is 0 Å². The van der Waals surface area contributed by atoms with Gasteiger partial charge in [-0.2, -0.15) is 22.5 Å². The smallest absolute Gasteiger partial charge is 0.253 e. The number of amides is 1. The number of carbonyl (C=O) groups excluding carboxylic acids is 1. The van der Waals surface area contributed by atoms with Crippen molar-refractivity contribution in [2.24, 2.45) is 5.92 Å². The maximum Gasteiger partial charge on any atom is 0.253 e. The minimum absolute atomic E-state index is 0.190. The summed E-state index contributed by atoms with van der Waals surface area (Å²) >= 11 is 0. The van der Waals surface area contributed by atoms with Crippen molar-refractivity contribution in [3.63, 3.8) is 0 Å². The monoisotopic (exact) mass is 293 g/mol. The maximum atomic E-state index is 13.3. The molecule has 20 heavy (non-hydrogen) atoms. The van der Waals surface area contributed by atoms with Crippen LogP contribution in [0.4, 0.5) is 23.2 Å². The zero-order valence-corrected chi connectivity index (χ0v) is 11.2. The van der Waals surface area contributed by atoms with Crippen LogP contribution in [0.3, 0.4) is 0 Å².